The number of aromatic nitrogens is 2. The number of nitriles is 1. The first kappa shape index (κ1) is 11.0. The maximum atomic E-state index is 13.3. The van der Waals surface area contributed by atoms with Crippen LogP contribution in [-0.4, -0.2) is 9.97 Å². The third-order valence-electron chi connectivity index (χ3n) is 2.21. The van der Waals surface area contributed by atoms with Gasteiger partial charge in [-0.05, 0) is 6.07 Å². The van der Waals surface area contributed by atoms with Crippen LogP contribution >= 0.6 is 0 Å². The average Bonchev–Trinajstić information content (AvgIpc) is 2.38. The van der Waals surface area contributed by atoms with Crippen molar-refractivity contribution in [3.63, 3.8) is 0 Å². The summed E-state index contributed by atoms with van der Waals surface area (Å²) in [7, 11) is 0. The molecule has 0 aliphatic carbocycles. The van der Waals surface area contributed by atoms with Crippen LogP contribution in [0.3, 0.4) is 0 Å². The van der Waals surface area contributed by atoms with Gasteiger partial charge in [-0.1, -0.05) is 18.2 Å². The number of nitrogens with zero attached hydrogens (tertiary/aromatic N) is 3. The molecule has 84 valence electrons. The molecule has 0 saturated heterocycles. The predicted molar refractivity (Wildman–Crippen MR) is 60.5 cm³/mol. The van der Waals surface area contributed by atoms with E-state index in [0.29, 0.717) is 11.4 Å². The van der Waals surface area contributed by atoms with E-state index >= 15 is 0 Å². The van der Waals surface area contributed by atoms with E-state index in [1.165, 1.54) is 18.5 Å². The van der Waals surface area contributed by atoms with Gasteiger partial charge in [-0.2, -0.15) is 5.26 Å². The standard InChI is InChI=1S/C12H9FN4/c13-10-4-2-1-3-9(10)8-17-12-11(7-14)15-5-6-16-12/h1-6H,8H2,(H,16,17). The molecule has 5 heteroatoms. The molecule has 1 N–H and O–H groups in total. The van der Waals surface area contributed by atoms with Crippen molar-refractivity contribution in [3.05, 3.63) is 53.7 Å². The van der Waals surface area contributed by atoms with Crippen molar-refractivity contribution in [1.82, 2.24) is 9.97 Å². The van der Waals surface area contributed by atoms with E-state index in [-0.39, 0.29) is 18.1 Å². The van der Waals surface area contributed by atoms with Crippen molar-refractivity contribution in [2.45, 2.75) is 6.54 Å². The van der Waals surface area contributed by atoms with Crippen LogP contribution in [0.5, 0.6) is 0 Å². The summed E-state index contributed by atoms with van der Waals surface area (Å²) in [5.74, 6) is 0.0700. The monoisotopic (exact) mass is 228 g/mol. The van der Waals surface area contributed by atoms with Crippen LogP contribution in [0.15, 0.2) is 36.7 Å². The molecule has 0 bridgehead atoms. The third-order valence-corrected chi connectivity index (χ3v) is 2.21. The van der Waals surface area contributed by atoms with Crippen LogP contribution in [0.25, 0.3) is 0 Å². The SMILES string of the molecule is N#Cc1nccnc1NCc1ccccc1F. The normalized spacial score (nSPS) is 9.65. The van der Waals surface area contributed by atoms with Gasteiger partial charge in [-0.25, -0.2) is 14.4 Å². The van der Waals surface area contributed by atoms with E-state index in [4.69, 9.17) is 5.26 Å². The van der Waals surface area contributed by atoms with E-state index < -0.39 is 0 Å². The highest BCUT2D eigenvalue weighted by Gasteiger charge is 2.05. The fourth-order valence-corrected chi connectivity index (χ4v) is 1.37. The lowest BCUT2D eigenvalue weighted by molar-refractivity contribution is 0.613. The Bertz CT molecular complexity index is 562. The van der Waals surface area contributed by atoms with Gasteiger partial charge in [-0.15, -0.1) is 0 Å². The molecule has 0 aliphatic heterocycles. The summed E-state index contributed by atoms with van der Waals surface area (Å²) in [6, 6.07) is 8.35. The fourth-order valence-electron chi connectivity index (χ4n) is 1.37. The van der Waals surface area contributed by atoms with Crippen LogP contribution < -0.4 is 5.32 Å². The van der Waals surface area contributed by atoms with Crippen molar-refractivity contribution >= 4 is 5.82 Å². The summed E-state index contributed by atoms with van der Waals surface area (Å²) >= 11 is 0. The van der Waals surface area contributed by atoms with E-state index in [2.05, 4.69) is 15.3 Å². The summed E-state index contributed by atoms with van der Waals surface area (Å²) in [4.78, 5) is 7.83. The van der Waals surface area contributed by atoms with Gasteiger partial charge >= 0.3 is 0 Å². The molecule has 0 saturated carbocycles. The van der Waals surface area contributed by atoms with Crippen molar-refractivity contribution in [2.75, 3.05) is 5.32 Å². The summed E-state index contributed by atoms with van der Waals surface area (Å²) < 4.78 is 13.3. The molecule has 0 spiro atoms. The zero-order valence-electron chi connectivity index (χ0n) is 8.89. The lowest BCUT2D eigenvalue weighted by Gasteiger charge is -2.06. The van der Waals surface area contributed by atoms with Gasteiger partial charge in [0.1, 0.15) is 11.9 Å². The highest BCUT2D eigenvalue weighted by atomic mass is 19.1. The predicted octanol–water partition coefficient (Wildman–Crippen LogP) is 2.10. The Hall–Kier alpha value is -2.48. The summed E-state index contributed by atoms with van der Waals surface area (Å²) in [5, 5.41) is 11.7. The molecule has 0 fully saturated rings. The Balaban J connectivity index is 2.13. The second-order valence-corrected chi connectivity index (χ2v) is 3.31. The van der Waals surface area contributed by atoms with Gasteiger partial charge in [0.15, 0.2) is 11.5 Å². The fraction of sp³-hybridized carbons (Fsp3) is 0.0833. The maximum Gasteiger partial charge on any atom is 0.182 e. The zero-order valence-corrected chi connectivity index (χ0v) is 8.89. The quantitative estimate of drug-likeness (QED) is 0.873. The van der Waals surface area contributed by atoms with Gasteiger partial charge in [-0.3, -0.25) is 0 Å². The number of benzene rings is 1. The Morgan fingerprint density at radius 1 is 1.24 bits per heavy atom. The first-order valence-corrected chi connectivity index (χ1v) is 4.99. The van der Waals surface area contributed by atoms with E-state index in [9.17, 15) is 4.39 Å². The Morgan fingerprint density at radius 3 is 2.76 bits per heavy atom. The highest BCUT2D eigenvalue weighted by molar-refractivity contribution is 5.47. The van der Waals surface area contributed by atoms with Gasteiger partial charge in [0, 0.05) is 24.5 Å². The van der Waals surface area contributed by atoms with Gasteiger partial charge < -0.3 is 5.32 Å². The highest BCUT2D eigenvalue weighted by Crippen LogP contribution is 2.11. The number of halogens is 1. The number of nitrogens with one attached hydrogen (secondary N) is 1. The van der Waals surface area contributed by atoms with Crippen LogP contribution in [0, 0.1) is 17.1 Å². The number of hydrogen-bond donors (Lipinski definition) is 1. The molecule has 2 aromatic rings. The first-order valence-electron chi connectivity index (χ1n) is 4.99. The number of hydrogen-bond acceptors (Lipinski definition) is 4. The second kappa shape index (κ2) is 5.03. The van der Waals surface area contributed by atoms with Crippen molar-refractivity contribution in [1.29, 1.82) is 5.26 Å². The first-order chi connectivity index (χ1) is 8.31. The molecular formula is C12H9FN4. The Kier molecular flexibility index (Phi) is 3.26. The summed E-state index contributed by atoms with van der Waals surface area (Å²) in [5.41, 5.74) is 0.714. The molecule has 1 heterocycles. The van der Waals surface area contributed by atoms with Gasteiger partial charge in [0.2, 0.25) is 0 Å². The third kappa shape index (κ3) is 2.55. The van der Waals surface area contributed by atoms with Crippen LogP contribution in [-0.2, 0) is 6.54 Å². The van der Waals surface area contributed by atoms with Crippen molar-refractivity contribution in [3.8, 4) is 6.07 Å². The summed E-state index contributed by atoms with van der Waals surface area (Å²) in [6.07, 6.45) is 2.91. The maximum absolute atomic E-state index is 13.3. The van der Waals surface area contributed by atoms with E-state index in [1.807, 2.05) is 6.07 Å². The minimum Gasteiger partial charge on any atom is -0.363 e. The molecule has 0 unspecified atom stereocenters. The van der Waals surface area contributed by atoms with E-state index in [0.717, 1.165) is 0 Å². The minimum atomic E-state index is -0.289. The molecule has 0 atom stereocenters. The number of rotatable bonds is 3. The van der Waals surface area contributed by atoms with Crippen LogP contribution in [0.1, 0.15) is 11.3 Å². The average molecular weight is 228 g/mol. The molecular weight excluding hydrogens is 219 g/mol. The molecule has 4 nitrogen and oxygen atoms in total. The molecule has 17 heavy (non-hydrogen) atoms. The summed E-state index contributed by atoms with van der Waals surface area (Å²) in [6.45, 7) is 0.264. The Morgan fingerprint density at radius 2 is 2.00 bits per heavy atom. The lowest BCUT2D eigenvalue weighted by atomic mass is 10.2. The topological polar surface area (TPSA) is 61.6 Å². The largest absolute Gasteiger partial charge is 0.363 e. The second-order valence-electron chi connectivity index (χ2n) is 3.31. The molecule has 0 amide bonds. The zero-order chi connectivity index (χ0) is 12.1. The van der Waals surface area contributed by atoms with Crippen molar-refractivity contribution < 1.29 is 4.39 Å². The molecule has 0 radical (unpaired) electrons. The molecule has 0 aliphatic rings. The van der Waals surface area contributed by atoms with Gasteiger partial charge in [0.05, 0.1) is 0 Å². The molecule has 2 rings (SSSR count). The Labute approximate surface area is 97.8 Å². The lowest BCUT2D eigenvalue weighted by Crippen LogP contribution is -2.05. The van der Waals surface area contributed by atoms with Crippen molar-refractivity contribution in [2.24, 2.45) is 0 Å². The van der Waals surface area contributed by atoms with Gasteiger partial charge in [0.25, 0.3) is 0 Å². The van der Waals surface area contributed by atoms with Crippen LogP contribution in [0.4, 0.5) is 10.2 Å². The van der Waals surface area contributed by atoms with E-state index in [1.54, 1.807) is 18.2 Å². The molecule has 1 aromatic carbocycles. The number of anilines is 1. The van der Waals surface area contributed by atoms with Crippen LogP contribution in [0.2, 0.25) is 0 Å². The molecule has 1 aromatic heterocycles. The smallest absolute Gasteiger partial charge is 0.182 e. The minimum absolute atomic E-state index is 0.198.